The van der Waals surface area contributed by atoms with Crippen molar-refractivity contribution < 1.29 is 14.6 Å². The summed E-state index contributed by atoms with van der Waals surface area (Å²) in [6.07, 6.45) is 2.89. The smallest absolute Gasteiger partial charge is 0.250 e. The number of hydrogen-bond acceptors (Lipinski definition) is 6. The van der Waals surface area contributed by atoms with Gasteiger partial charge in [0.2, 0.25) is 0 Å². The van der Waals surface area contributed by atoms with E-state index in [1.54, 1.807) is 25.4 Å². The fourth-order valence-electron chi connectivity index (χ4n) is 5.76. The van der Waals surface area contributed by atoms with Gasteiger partial charge < -0.3 is 19.1 Å². The summed E-state index contributed by atoms with van der Waals surface area (Å²) in [6.45, 7) is 4.03. The maximum Gasteiger partial charge on any atom is 0.250 e. The number of aromatic amines is 1. The second kappa shape index (κ2) is 9.78. The number of phenols is 1. The summed E-state index contributed by atoms with van der Waals surface area (Å²) in [5.74, 6) is 2.42. The lowest BCUT2D eigenvalue weighted by atomic mass is 9.83. The lowest BCUT2D eigenvalue weighted by Gasteiger charge is -2.42. The van der Waals surface area contributed by atoms with E-state index < -0.39 is 0 Å². The van der Waals surface area contributed by atoms with E-state index >= 15 is 0 Å². The Labute approximate surface area is 215 Å². The number of hydrogen-bond donors (Lipinski definition) is 2. The van der Waals surface area contributed by atoms with Crippen LogP contribution in [0.2, 0.25) is 0 Å². The summed E-state index contributed by atoms with van der Waals surface area (Å²) in [4.78, 5) is 14.7. The average Bonchev–Trinajstić information content (AvgIpc) is 3.39. The topological polar surface area (TPSA) is 92.6 Å². The number of aromatic hydroxyl groups is 1. The first-order valence-electron chi connectivity index (χ1n) is 12.6. The second-order valence-corrected chi connectivity index (χ2v) is 9.87. The number of aromatic nitrogens is 3. The van der Waals surface area contributed by atoms with Crippen LogP contribution in [-0.4, -0.2) is 58.1 Å². The molecule has 8 heteroatoms. The summed E-state index contributed by atoms with van der Waals surface area (Å²) in [5, 5.41) is 18.0. The molecule has 2 N–H and O–H groups in total. The predicted octanol–water partition coefficient (Wildman–Crippen LogP) is 4.12. The third kappa shape index (κ3) is 4.60. The number of benzene rings is 2. The third-order valence-electron chi connectivity index (χ3n) is 7.51. The quantitative estimate of drug-likeness (QED) is 0.398. The first-order valence-corrected chi connectivity index (χ1v) is 12.6. The van der Waals surface area contributed by atoms with Crippen molar-refractivity contribution in [1.82, 2.24) is 19.7 Å². The molecular weight excluding hydrogens is 468 g/mol. The Bertz CT molecular complexity index is 1460. The van der Waals surface area contributed by atoms with E-state index in [0.29, 0.717) is 29.8 Å². The highest BCUT2D eigenvalue weighted by atomic mass is 16.5. The number of likely N-dealkylation sites (tertiary alicyclic amines) is 1. The molecule has 4 heterocycles. The molecule has 2 aliphatic rings. The van der Waals surface area contributed by atoms with Gasteiger partial charge in [-0.15, -0.1) is 0 Å². The number of methoxy groups -OCH3 is 1. The molecule has 1 fully saturated rings. The van der Waals surface area contributed by atoms with Crippen LogP contribution in [0.15, 0.2) is 71.7 Å². The molecule has 0 unspecified atom stereocenters. The molecule has 1 saturated heterocycles. The zero-order valence-corrected chi connectivity index (χ0v) is 20.8. The first-order chi connectivity index (χ1) is 18.1. The fourth-order valence-corrected chi connectivity index (χ4v) is 5.76. The highest BCUT2D eigenvalue weighted by molar-refractivity contribution is 5.83. The van der Waals surface area contributed by atoms with Crippen LogP contribution < -0.4 is 15.0 Å². The molecule has 0 amide bonds. The van der Waals surface area contributed by atoms with E-state index in [-0.39, 0.29) is 11.3 Å². The van der Waals surface area contributed by atoms with Gasteiger partial charge in [0.1, 0.15) is 23.9 Å². The van der Waals surface area contributed by atoms with E-state index in [1.807, 2.05) is 47.0 Å². The number of pyridine rings is 1. The first kappa shape index (κ1) is 23.4. The van der Waals surface area contributed by atoms with E-state index in [9.17, 15) is 9.90 Å². The van der Waals surface area contributed by atoms with Crippen molar-refractivity contribution in [3.63, 3.8) is 0 Å². The Morgan fingerprint density at radius 1 is 1.03 bits per heavy atom. The summed E-state index contributed by atoms with van der Waals surface area (Å²) in [7, 11) is 1.64. The Morgan fingerprint density at radius 2 is 1.86 bits per heavy atom. The van der Waals surface area contributed by atoms with Gasteiger partial charge in [-0.05, 0) is 48.2 Å². The maximum absolute atomic E-state index is 12.2. The Balaban J connectivity index is 1.10. The van der Waals surface area contributed by atoms with Gasteiger partial charge in [0.15, 0.2) is 0 Å². The molecule has 0 spiro atoms. The molecule has 2 atom stereocenters. The second-order valence-electron chi connectivity index (χ2n) is 9.87. The van der Waals surface area contributed by atoms with Crippen molar-refractivity contribution >= 4 is 0 Å². The zero-order valence-electron chi connectivity index (χ0n) is 20.8. The van der Waals surface area contributed by atoms with Crippen molar-refractivity contribution in [3.8, 4) is 39.6 Å². The van der Waals surface area contributed by atoms with Crippen LogP contribution in [0.3, 0.4) is 0 Å². The van der Waals surface area contributed by atoms with Crippen molar-refractivity contribution in [2.24, 2.45) is 5.92 Å². The van der Waals surface area contributed by atoms with E-state index in [4.69, 9.17) is 9.47 Å². The van der Waals surface area contributed by atoms with E-state index in [1.165, 1.54) is 0 Å². The number of phenolic OH excluding ortho intramolecular Hbond substituents is 1. The molecule has 2 aliphatic heterocycles. The number of piperidine rings is 1. The molecule has 0 radical (unpaired) electrons. The molecule has 190 valence electrons. The maximum atomic E-state index is 12.2. The number of nitrogens with one attached hydrogen (secondary N) is 1. The largest absolute Gasteiger partial charge is 0.507 e. The molecule has 2 aromatic heterocycles. The van der Waals surface area contributed by atoms with Gasteiger partial charge in [-0.1, -0.05) is 18.2 Å². The van der Waals surface area contributed by atoms with Gasteiger partial charge in [-0.3, -0.25) is 14.8 Å². The summed E-state index contributed by atoms with van der Waals surface area (Å²) >= 11 is 0. The zero-order chi connectivity index (χ0) is 25.4. The molecule has 6 rings (SSSR count). The van der Waals surface area contributed by atoms with E-state index in [2.05, 4.69) is 21.2 Å². The van der Waals surface area contributed by atoms with Crippen LogP contribution in [0, 0.1) is 5.92 Å². The molecular formula is C29H30N4O4. The summed E-state index contributed by atoms with van der Waals surface area (Å²) in [6, 6.07) is 18.7. The predicted molar refractivity (Wildman–Crippen MR) is 141 cm³/mol. The van der Waals surface area contributed by atoms with Crippen LogP contribution in [0.5, 0.6) is 17.2 Å². The minimum atomic E-state index is 0.110. The van der Waals surface area contributed by atoms with Gasteiger partial charge >= 0.3 is 0 Å². The summed E-state index contributed by atoms with van der Waals surface area (Å²) in [5.41, 5.74) is 4.54. The third-order valence-corrected chi connectivity index (χ3v) is 7.51. The molecule has 2 aromatic carbocycles. The highest BCUT2D eigenvalue weighted by Gasteiger charge is 2.34. The van der Waals surface area contributed by atoms with Crippen LogP contribution in [0.4, 0.5) is 0 Å². The van der Waals surface area contributed by atoms with Crippen LogP contribution in [-0.2, 0) is 6.54 Å². The van der Waals surface area contributed by atoms with Crippen LogP contribution >= 0.6 is 0 Å². The number of fused-ring (bicyclic) bond motifs is 4. The summed E-state index contributed by atoms with van der Waals surface area (Å²) < 4.78 is 13.2. The lowest BCUT2D eigenvalue weighted by molar-refractivity contribution is 0.104. The molecule has 0 aliphatic carbocycles. The van der Waals surface area contributed by atoms with Crippen LogP contribution in [0.1, 0.15) is 18.0 Å². The molecule has 4 aromatic rings. The van der Waals surface area contributed by atoms with Gasteiger partial charge in [0.05, 0.1) is 19.0 Å². The molecule has 2 bridgehead atoms. The average molecular weight is 499 g/mol. The lowest BCUT2D eigenvalue weighted by Crippen LogP contribution is -2.48. The standard InChI is InChI=1S/C29H30N4O4/c1-36-22-7-5-20(6-8-22)25-15-30-31-29(25)24-10-9-23(14-27(24)34)37-12-11-32-16-19-13-21(18-32)26-3-2-4-28(35)33(26)17-19/h2-10,14-15,19,21,34H,11-13,16-18H2,1H3,(H,30,31)/t19-,21+/m0/s1. The van der Waals surface area contributed by atoms with Gasteiger partial charge in [0, 0.05) is 61.1 Å². The number of H-pyrrole nitrogens is 1. The Morgan fingerprint density at radius 3 is 2.68 bits per heavy atom. The highest BCUT2D eigenvalue weighted by Crippen LogP contribution is 2.38. The number of rotatable bonds is 7. The van der Waals surface area contributed by atoms with Gasteiger partial charge in [0.25, 0.3) is 5.56 Å². The Kier molecular flexibility index (Phi) is 6.18. The number of ether oxygens (including phenoxy) is 2. The van der Waals surface area contributed by atoms with Gasteiger partial charge in [-0.25, -0.2) is 0 Å². The number of nitrogens with zero attached hydrogens (tertiary/aromatic N) is 3. The van der Waals surface area contributed by atoms with Crippen molar-refractivity contribution in [2.75, 3.05) is 33.4 Å². The van der Waals surface area contributed by atoms with Gasteiger partial charge in [-0.2, -0.15) is 5.10 Å². The molecule has 8 nitrogen and oxygen atoms in total. The monoisotopic (exact) mass is 498 g/mol. The van der Waals surface area contributed by atoms with Crippen molar-refractivity contribution in [2.45, 2.75) is 18.9 Å². The minimum absolute atomic E-state index is 0.110. The minimum Gasteiger partial charge on any atom is -0.507 e. The van der Waals surface area contributed by atoms with Crippen LogP contribution in [0.25, 0.3) is 22.4 Å². The van der Waals surface area contributed by atoms with Crippen molar-refractivity contribution in [1.29, 1.82) is 0 Å². The molecule has 37 heavy (non-hydrogen) atoms. The molecule has 0 saturated carbocycles. The SMILES string of the molecule is COc1ccc(-c2cn[nH]c2-c2ccc(OCCN3C[C@@H]4C[C@H](C3)c3cccc(=O)n3C4)cc2O)cc1. The normalized spacial score (nSPS) is 18.8. The fraction of sp³-hybridized carbons (Fsp3) is 0.310. The Hall–Kier alpha value is -4.04. The van der Waals surface area contributed by atoms with Crippen molar-refractivity contribution in [3.05, 3.63) is 82.9 Å². The van der Waals surface area contributed by atoms with E-state index in [0.717, 1.165) is 60.9 Å².